The number of thiophene rings is 1. The first-order valence-corrected chi connectivity index (χ1v) is 10.5. The zero-order chi connectivity index (χ0) is 21.0. The first-order valence-electron chi connectivity index (χ1n) is 9.64. The minimum absolute atomic E-state index is 0.119. The molecule has 0 spiro atoms. The van der Waals surface area contributed by atoms with Crippen LogP contribution in [0, 0.1) is 18.3 Å². The molecule has 0 radical (unpaired) electrons. The van der Waals surface area contributed by atoms with Crippen LogP contribution >= 0.6 is 11.3 Å². The van der Waals surface area contributed by atoms with Crippen LogP contribution in [0.15, 0.2) is 30.3 Å². The minimum Gasteiger partial charge on any atom is -0.312 e. The Balaban J connectivity index is 1.71. The molecule has 148 valence electrons. The lowest BCUT2D eigenvalue weighted by Crippen LogP contribution is -2.54. The number of carbonyl (C=O) groups excluding carboxylic acids is 1. The second-order valence-electron chi connectivity index (χ2n) is 8.85. The van der Waals surface area contributed by atoms with E-state index in [2.05, 4.69) is 49.4 Å². The van der Waals surface area contributed by atoms with Gasteiger partial charge in [-0.15, -0.1) is 11.3 Å². The van der Waals surface area contributed by atoms with E-state index in [0.717, 1.165) is 33.5 Å². The maximum atomic E-state index is 13.0. The third-order valence-corrected chi connectivity index (χ3v) is 6.75. The highest BCUT2D eigenvalue weighted by Gasteiger charge is 2.40. The number of nitrogens with one attached hydrogen (secondary N) is 2. The molecule has 3 aromatic rings. The van der Waals surface area contributed by atoms with Crippen molar-refractivity contribution in [2.24, 2.45) is 0 Å². The Morgan fingerprint density at radius 2 is 1.97 bits per heavy atom. The number of hydrogen-bond acceptors (Lipinski definition) is 5. The summed E-state index contributed by atoms with van der Waals surface area (Å²) in [5.41, 5.74) is 3.46. The predicted molar refractivity (Wildman–Crippen MR) is 117 cm³/mol. The molecule has 5 nitrogen and oxygen atoms in total. The molecule has 4 rings (SSSR count). The van der Waals surface area contributed by atoms with Crippen LogP contribution in [0.3, 0.4) is 0 Å². The molecule has 1 aliphatic rings. The van der Waals surface area contributed by atoms with Crippen molar-refractivity contribution in [2.45, 2.75) is 52.1 Å². The highest BCUT2D eigenvalue weighted by atomic mass is 32.1. The van der Waals surface area contributed by atoms with Crippen molar-refractivity contribution in [2.75, 3.05) is 5.32 Å². The number of nitrogens with zero attached hydrogens (tertiary/aromatic N) is 2. The first kappa shape index (κ1) is 19.6. The number of benzene rings is 1. The summed E-state index contributed by atoms with van der Waals surface area (Å²) in [7, 11) is 0. The molecular formula is C23H24N4OS. The molecular weight excluding hydrogens is 380 g/mol. The molecule has 0 bridgehead atoms. The van der Waals surface area contributed by atoms with Crippen molar-refractivity contribution in [1.82, 2.24) is 10.3 Å². The Labute approximate surface area is 174 Å². The van der Waals surface area contributed by atoms with Gasteiger partial charge in [-0.25, -0.2) is 0 Å². The average Bonchev–Trinajstić information content (AvgIpc) is 2.97. The maximum absolute atomic E-state index is 13.0. The van der Waals surface area contributed by atoms with Crippen molar-refractivity contribution in [3.8, 4) is 6.07 Å². The highest BCUT2D eigenvalue weighted by molar-refractivity contribution is 7.17. The van der Waals surface area contributed by atoms with Gasteiger partial charge in [-0.05, 0) is 64.8 Å². The fourth-order valence-corrected chi connectivity index (χ4v) is 5.49. The van der Waals surface area contributed by atoms with Crippen LogP contribution < -0.4 is 10.6 Å². The second-order valence-corrected chi connectivity index (χ2v) is 9.87. The van der Waals surface area contributed by atoms with Crippen LogP contribution in [-0.2, 0) is 12.0 Å². The number of pyridine rings is 1. The SMILES string of the molecule is Cc1ccc2ccc(C(=O)Nc3sc4c(c3C#N)CC(C)(C)NC4(C)C)cc2n1. The molecule has 1 aromatic carbocycles. The molecule has 0 saturated heterocycles. The van der Waals surface area contributed by atoms with Gasteiger partial charge in [0.1, 0.15) is 11.1 Å². The number of rotatable bonds is 2. The zero-order valence-corrected chi connectivity index (χ0v) is 18.1. The monoisotopic (exact) mass is 404 g/mol. The quantitative estimate of drug-likeness (QED) is 0.638. The van der Waals surface area contributed by atoms with Gasteiger partial charge in [-0.2, -0.15) is 5.26 Å². The van der Waals surface area contributed by atoms with E-state index >= 15 is 0 Å². The Hall–Kier alpha value is -2.75. The Morgan fingerprint density at radius 3 is 2.69 bits per heavy atom. The summed E-state index contributed by atoms with van der Waals surface area (Å²) < 4.78 is 0. The maximum Gasteiger partial charge on any atom is 0.256 e. The van der Waals surface area contributed by atoms with Crippen molar-refractivity contribution in [1.29, 1.82) is 5.26 Å². The third kappa shape index (κ3) is 3.52. The summed E-state index contributed by atoms with van der Waals surface area (Å²) in [5, 5.41) is 18.1. The van der Waals surface area contributed by atoms with E-state index in [4.69, 9.17) is 0 Å². The first-order chi connectivity index (χ1) is 13.6. The van der Waals surface area contributed by atoms with E-state index < -0.39 is 0 Å². The van der Waals surface area contributed by atoms with Crippen LogP contribution in [-0.4, -0.2) is 16.4 Å². The standard InChI is InChI=1S/C23H24N4OS/c1-13-6-7-14-8-9-15(10-18(14)25-13)20(28)26-21-17(12-24)16-11-22(2,3)27-23(4,5)19(16)29-21/h6-10,27H,11H2,1-5H3,(H,26,28). The average molecular weight is 405 g/mol. The summed E-state index contributed by atoms with van der Waals surface area (Å²) in [6.45, 7) is 10.4. The van der Waals surface area contributed by atoms with E-state index in [1.165, 1.54) is 11.3 Å². The van der Waals surface area contributed by atoms with E-state index in [-0.39, 0.29) is 17.0 Å². The lowest BCUT2D eigenvalue weighted by molar-refractivity contribution is 0.102. The van der Waals surface area contributed by atoms with Gasteiger partial charge < -0.3 is 10.6 Å². The summed E-state index contributed by atoms with van der Waals surface area (Å²) in [4.78, 5) is 18.6. The van der Waals surface area contributed by atoms with Crippen LogP contribution in [0.4, 0.5) is 5.00 Å². The van der Waals surface area contributed by atoms with E-state index in [1.54, 1.807) is 12.1 Å². The molecule has 29 heavy (non-hydrogen) atoms. The zero-order valence-electron chi connectivity index (χ0n) is 17.3. The van der Waals surface area contributed by atoms with Crippen LogP contribution in [0.1, 0.15) is 59.8 Å². The number of carbonyl (C=O) groups is 1. The lowest BCUT2D eigenvalue weighted by Gasteiger charge is -2.42. The van der Waals surface area contributed by atoms with Crippen molar-refractivity contribution >= 4 is 33.1 Å². The van der Waals surface area contributed by atoms with Crippen LogP contribution in [0.25, 0.3) is 10.9 Å². The number of nitriles is 1. The molecule has 0 fully saturated rings. The fraction of sp³-hybridized carbons (Fsp3) is 0.348. The normalized spacial score (nSPS) is 16.8. The highest BCUT2D eigenvalue weighted by Crippen LogP contribution is 2.44. The molecule has 1 amide bonds. The van der Waals surface area contributed by atoms with E-state index in [9.17, 15) is 10.1 Å². The van der Waals surface area contributed by atoms with Gasteiger partial charge in [0.05, 0.1) is 11.1 Å². The molecule has 0 unspecified atom stereocenters. The summed E-state index contributed by atoms with van der Waals surface area (Å²) in [6, 6.07) is 11.8. The van der Waals surface area contributed by atoms with Crippen LogP contribution in [0.5, 0.6) is 0 Å². The molecule has 0 saturated carbocycles. The molecule has 1 aliphatic heterocycles. The Kier molecular flexibility index (Phi) is 4.49. The van der Waals surface area contributed by atoms with Crippen molar-refractivity contribution < 1.29 is 4.79 Å². The number of anilines is 1. The molecule has 2 N–H and O–H groups in total. The number of aromatic nitrogens is 1. The third-order valence-electron chi connectivity index (χ3n) is 5.28. The predicted octanol–water partition coefficient (Wildman–Crippen LogP) is 4.89. The molecule has 3 heterocycles. The number of aryl methyl sites for hydroxylation is 1. The molecule has 2 aromatic heterocycles. The molecule has 0 aliphatic carbocycles. The van der Waals surface area contributed by atoms with Gasteiger partial charge >= 0.3 is 0 Å². The largest absolute Gasteiger partial charge is 0.312 e. The number of hydrogen-bond donors (Lipinski definition) is 2. The summed E-state index contributed by atoms with van der Waals surface area (Å²) in [6.07, 6.45) is 0.750. The minimum atomic E-state index is -0.263. The van der Waals surface area contributed by atoms with Crippen LogP contribution in [0.2, 0.25) is 0 Å². The van der Waals surface area contributed by atoms with Gasteiger partial charge in [0.25, 0.3) is 5.91 Å². The van der Waals surface area contributed by atoms with E-state index in [1.807, 2.05) is 25.1 Å². The summed E-state index contributed by atoms with van der Waals surface area (Å²) in [5.74, 6) is -0.227. The van der Waals surface area contributed by atoms with Gasteiger partial charge in [-0.1, -0.05) is 12.1 Å². The Bertz CT molecular complexity index is 1180. The summed E-state index contributed by atoms with van der Waals surface area (Å²) >= 11 is 1.49. The van der Waals surface area contributed by atoms with Gasteiger partial charge in [0, 0.05) is 32.6 Å². The van der Waals surface area contributed by atoms with Gasteiger partial charge in [0.2, 0.25) is 0 Å². The molecule has 0 atom stereocenters. The smallest absolute Gasteiger partial charge is 0.256 e. The Morgan fingerprint density at radius 1 is 1.24 bits per heavy atom. The fourth-order valence-electron chi connectivity index (χ4n) is 4.27. The topological polar surface area (TPSA) is 77.8 Å². The van der Waals surface area contributed by atoms with Gasteiger partial charge in [0.15, 0.2) is 0 Å². The molecule has 6 heteroatoms. The number of amides is 1. The number of fused-ring (bicyclic) bond motifs is 2. The second kappa shape index (κ2) is 6.65. The lowest BCUT2D eigenvalue weighted by atomic mass is 9.81. The van der Waals surface area contributed by atoms with Crippen molar-refractivity contribution in [3.63, 3.8) is 0 Å². The van der Waals surface area contributed by atoms with Crippen molar-refractivity contribution in [3.05, 3.63) is 57.6 Å². The van der Waals surface area contributed by atoms with E-state index in [0.29, 0.717) is 16.1 Å². The van der Waals surface area contributed by atoms with Gasteiger partial charge in [-0.3, -0.25) is 9.78 Å².